The summed E-state index contributed by atoms with van der Waals surface area (Å²) in [6.45, 7) is 0.339. The van der Waals surface area contributed by atoms with Gasteiger partial charge >= 0.3 is 0 Å². The molecule has 1 amide bonds. The van der Waals surface area contributed by atoms with Crippen LogP contribution in [-0.2, 0) is 6.61 Å². The Labute approximate surface area is 171 Å². The minimum Gasteiger partial charge on any atom is -0.496 e. The Balaban J connectivity index is 1.47. The third-order valence-corrected chi connectivity index (χ3v) is 5.60. The smallest absolute Gasteiger partial charge is 0.251 e. The molecule has 4 nitrogen and oxygen atoms in total. The number of methoxy groups -OCH3 is 1. The zero-order valence-electron chi connectivity index (χ0n) is 16.8. The molecule has 3 aromatic carbocycles. The summed E-state index contributed by atoms with van der Waals surface area (Å²) in [5, 5.41) is 5.49. The SMILES string of the molecule is COc1ccc(C(=O)NC2CCCCC2)cc1COc1ccc2ccccc2c1. The molecule has 1 aliphatic carbocycles. The lowest BCUT2D eigenvalue weighted by Gasteiger charge is -2.23. The minimum absolute atomic E-state index is 0.0218. The molecule has 0 atom stereocenters. The van der Waals surface area contributed by atoms with E-state index in [0.717, 1.165) is 35.3 Å². The lowest BCUT2D eigenvalue weighted by atomic mass is 9.95. The summed E-state index contributed by atoms with van der Waals surface area (Å²) in [4.78, 5) is 12.7. The highest BCUT2D eigenvalue weighted by Crippen LogP contribution is 2.25. The first-order valence-electron chi connectivity index (χ1n) is 10.3. The van der Waals surface area contributed by atoms with Crippen molar-refractivity contribution >= 4 is 16.7 Å². The number of fused-ring (bicyclic) bond motifs is 1. The van der Waals surface area contributed by atoms with E-state index in [0.29, 0.717) is 12.2 Å². The molecule has 0 heterocycles. The topological polar surface area (TPSA) is 47.6 Å². The maximum Gasteiger partial charge on any atom is 0.251 e. The monoisotopic (exact) mass is 389 g/mol. The molecule has 0 bridgehead atoms. The molecule has 0 aromatic heterocycles. The van der Waals surface area contributed by atoms with E-state index >= 15 is 0 Å². The Morgan fingerprint density at radius 2 is 1.76 bits per heavy atom. The number of rotatable bonds is 6. The van der Waals surface area contributed by atoms with Crippen LogP contribution in [0.4, 0.5) is 0 Å². The fourth-order valence-electron chi connectivity index (χ4n) is 3.97. The predicted octanol–water partition coefficient (Wildman–Crippen LogP) is 5.49. The summed E-state index contributed by atoms with van der Waals surface area (Å²) in [6, 6.07) is 20.1. The highest BCUT2D eigenvalue weighted by atomic mass is 16.5. The minimum atomic E-state index is -0.0218. The van der Waals surface area contributed by atoms with Gasteiger partial charge < -0.3 is 14.8 Å². The highest BCUT2D eigenvalue weighted by molar-refractivity contribution is 5.94. The average molecular weight is 389 g/mol. The fourth-order valence-corrected chi connectivity index (χ4v) is 3.97. The van der Waals surface area contributed by atoms with E-state index in [9.17, 15) is 4.79 Å². The van der Waals surface area contributed by atoms with Gasteiger partial charge in [-0.3, -0.25) is 4.79 Å². The van der Waals surface area contributed by atoms with Crippen LogP contribution >= 0.6 is 0 Å². The molecular weight excluding hydrogens is 362 g/mol. The number of amides is 1. The van der Waals surface area contributed by atoms with E-state index in [-0.39, 0.29) is 11.9 Å². The number of nitrogens with one attached hydrogen (secondary N) is 1. The first-order valence-corrected chi connectivity index (χ1v) is 10.3. The molecule has 0 unspecified atom stereocenters. The average Bonchev–Trinajstić information content (AvgIpc) is 2.78. The molecule has 0 spiro atoms. The van der Waals surface area contributed by atoms with E-state index in [1.54, 1.807) is 7.11 Å². The van der Waals surface area contributed by atoms with E-state index in [1.807, 2.05) is 42.5 Å². The van der Waals surface area contributed by atoms with Crippen molar-refractivity contribution in [1.29, 1.82) is 0 Å². The number of carbonyl (C=O) groups is 1. The number of ether oxygens (including phenoxy) is 2. The van der Waals surface area contributed by atoms with Crippen LogP contribution in [0.1, 0.15) is 48.0 Å². The normalized spacial score (nSPS) is 14.5. The lowest BCUT2D eigenvalue weighted by molar-refractivity contribution is 0.0927. The summed E-state index contributed by atoms with van der Waals surface area (Å²) in [6.07, 6.45) is 5.79. The van der Waals surface area contributed by atoms with Crippen molar-refractivity contribution in [2.75, 3.05) is 7.11 Å². The van der Waals surface area contributed by atoms with Gasteiger partial charge in [-0.15, -0.1) is 0 Å². The molecular formula is C25H27NO3. The molecule has 150 valence electrons. The van der Waals surface area contributed by atoms with Gasteiger partial charge in [0.2, 0.25) is 0 Å². The molecule has 4 rings (SSSR count). The first kappa shape index (κ1) is 19.3. The molecule has 0 aliphatic heterocycles. The quantitative estimate of drug-likeness (QED) is 0.606. The molecule has 0 saturated heterocycles. The van der Waals surface area contributed by atoms with Crippen molar-refractivity contribution in [1.82, 2.24) is 5.32 Å². The first-order chi connectivity index (χ1) is 14.2. The molecule has 0 radical (unpaired) electrons. The van der Waals surface area contributed by atoms with Gasteiger partial charge in [-0.05, 0) is 53.9 Å². The van der Waals surface area contributed by atoms with Gasteiger partial charge in [-0.2, -0.15) is 0 Å². The molecule has 1 saturated carbocycles. The maximum atomic E-state index is 12.7. The van der Waals surface area contributed by atoms with Crippen LogP contribution in [0.15, 0.2) is 60.7 Å². The molecule has 29 heavy (non-hydrogen) atoms. The Hall–Kier alpha value is -3.01. The van der Waals surface area contributed by atoms with Crippen molar-refractivity contribution in [3.63, 3.8) is 0 Å². The summed E-state index contributed by atoms with van der Waals surface area (Å²) >= 11 is 0. The number of benzene rings is 3. The van der Waals surface area contributed by atoms with Crippen LogP contribution in [0.5, 0.6) is 11.5 Å². The van der Waals surface area contributed by atoms with Gasteiger partial charge in [-0.25, -0.2) is 0 Å². The lowest BCUT2D eigenvalue weighted by Crippen LogP contribution is -2.36. The molecule has 1 aliphatic rings. The van der Waals surface area contributed by atoms with Crippen molar-refractivity contribution < 1.29 is 14.3 Å². The maximum absolute atomic E-state index is 12.7. The van der Waals surface area contributed by atoms with E-state index in [4.69, 9.17) is 9.47 Å². The summed E-state index contributed by atoms with van der Waals surface area (Å²) in [7, 11) is 1.64. The summed E-state index contributed by atoms with van der Waals surface area (Å²) in [5.41, 5.74) is 1.51. The van der Waals surface area contributed by atoms with Gasteiger partial charge in [0, 0.05) is 17.2 Å². The largest absolute Gasteiger partial charge is 0.496 e. The van der Waals surface area contributed by atoms with Crippen molar-refractivity contribution in [3.05, 3.63) is 71.8 Å². The number of hydrogen-bond donors (Lipinski definition) is 1. The molecule has 3 aromatic rings. The Morgan fingerprint density at radius 3 is 2.55 bits per heavy atom. The van der Waals surface area contributed by atoms with E-state index in [2.05, 4.69) is 23.5 Å². The van der Waals surface area contributed by atoms with Crippen LogP contribution in [0.25, 0.3) is 10.8 Å². The van der Waals surface area contributed by atoms with Gasteiger partial charge in [-0.1, -0.05) is 49.6 Å². The van der Waals surface area contributed by atoms with Gasteiger partial charge in [0.1, 0.15) is 18.1 Å². The molecule has 1 N–H and O–H groups in total. The fraction of sp³-hybridized carbons (Fsp3) is 0.320. The van der Waals surface area contributed by atoms with Crippen molar-refractivity contribution in [3.8, 4) is 11.5 Å². The van der Waals surface area contributed by atoms with Crippen LogP contribution in [-0.4, -0.2) is 19.1 Å². The second-order valence-electron chi connectivity index (χ2n) is 7.63. The predicted molar refractivity (Wildman–Crippen MR) is 116 cm³/mol. The van der Waals surface area contributed by atoms with Crippen LogP contribution in [0.3, 0.4) is 0 Å². The second-order valence-corrected chi connectivity index (χ2v) is 7.63. The second kappa shape index (κ2) is 8.99. The van der Waals surface area contributed by atoms with Gasteiger partial charge in [0.25, 0.3) is 5.91 Å². The van der Waals surface area contributed by atoms with Gasteiger partial charge in [0.05, 0.1) is 7.11 Å². The Morgan fingerprint density at radius 1 is 0.966 bits per heavy atom. The molecule has 1 fully saturated rings. The Kier molecular flexibility index (Phi) is 5.99. The third-order valence-electron chi connectivity index (χ3n) is 5.60. The number of hydrogen-bond acceptors (Lipinski definition) is 3. The van der Waals surface area contributed by atoms with Crippen molar-refractivity contribution in [2.24, 2.45) is 0 Å². The zero-order valence-corrected chi connectivity index (χ0v) is 16.8. The number of carbonyl (C=O) groups excluding carboxylic acids is 1. The van der Waals surface area contributed by atoms with Gasteiger partial charge in [0.15, 0.2) is 0 Å². The van der Waals surface area contributed by atoms with Crippen molar-refractivity contribution in [2.45, 2.75) is 44.8 Å². The molecule has 4 heteroatoms. The van der Waals surface area contributed by atoms with E-state index < -0.39 is 0 Å². The standard InChI is InChI=1S/C25H27NO3/c1-28-24-14-12-20(25(27)26-22-9-3-2-4-10-22)15-21(24)17-29-23-13-11-18-7-5-6-8-19(18)16-23/h5-8,11-16,22H,2-4,9-10,17H2,1H3,(H,26,27). The summed E-state index contributed by atoms with van der Waals surface area (Å²) in [5.74, 6) is 1.49. The summed E-state index contributed by atoms with van der Waals surface area (Å²) < 4.78 is 11.5. The Bertz CT molecular complexity index is 992. The third kappa shape index (κ3) is 4.70. The highest BCUT2D eigenvalue weighted by Gasteiger charge is 2.17. The van der Waals surface area contributed by atoms with Crippen LogP contribution in [0.2, 0.25) is 0 Å². The van der Waals surface area contributed by atoms with E-state index in [1.165, 1.54) is 24.6 Å². The van der Waals surface area contributed by atoms with Crippen LogP contribution < -0.4 is 14.8 Å². The zero-order chi connectivity index (χ0) is 20.1. The van der Waals surface area contributed by atoms with Crippen LogP contribution in [0, 0.1) is 0 Å².